The molecule has 0 unspecified atom stereocenters. The van der Waals surface area contributed by atoms with Crippen LogP contribution in [0.3, 0.4) is 0 Å². The molecule has 6 heterocycles. The van der Waals surface area contributed by atoms with E-state index in [4.69, 9.17) is 8.75 Å². The molecule has 0 bridgehead atoms. The lowest BCUT2D eigenvalue weighted by Crippen LogP contribution is -2.10. The number of anilines is 3. The Bertz CT molecular complexity index is 9650. The highest BCUT2D eigenvalue weighted by molar-refractivity contribution is 7.00. The Morgan fingerprint density at radius 3 is 0.888 bits per heavy atom. The van der Waals surface area contributed by atoms with Crippen molar-refractivity contribution in [3.05, 3.63) is 503 Å². The van der Waals surface area contributed by atoms with Gasteiger partial charge < -0.3 is 27.7 Å². The van der Waals surface area contributed by atoms with E-state index in [0.29, 0.717) is 0 Å². The van der Waals surface area contributed by atoms with E-state index in [1.54, 1.807) is 0 Å². The van der Waals surface area contributed by atoms with E-state index >= 15 is 0 Å². The van der Waals surface area contributed by atoms with Gasteiger partial charge in [-0.1, -0.05) is 297 Å². The molecule has 0 amide bonds. The van der Waals surface area contributed by atoms with Crippen molar-refractivity contribution >= 4 is 160 Å². The third-order valence-corrected chi connectivity index (χ3v) is 30.0. The summed E-state index contributed by atoms with van der Waals surface area (Å²) in [5.74, 6) is -0.555. The fraction of sp³-hybridized carbons (Fsp3) is 0.0152. The first-order valence-corrected chi connectivity index (χ1v) is 49.4. The minimum atomic E-state index is -0.277. The molecule has 1 aliphatic carbocycles. The van der Waals surface area contributed by atoms with Crippen LogP contribution in [0.5, 0.6) is 0 Å². The number of hydrogen-bond acceptors (Lipinski definition) is 4. The first kappa shape index (κ1) is 82.8. The fourth-order valence-electron chi connectivity index (χ4n) is 22.5. The second kappa shape index (κ2) is 33.7. The molecule has 0 aliphatic heterocycles. The lowest BCUT2D eigenvalue weighted by molar-refractivity contribution is 0.627. The van der Waals surface area contributed by atoms with Crippen molar-refractivity contribution in [1.29, 1.82) is 0 Å². The summed E-state index contributed by atoms with van der Waals surface area (Å²) in [4.78, 5) is 2.30. The predicted octanol–water partition coefficient (Wildman–Crippen LogP) is 36.0. The molecule has 0 saturated carbocycles. The van der Waals surface area contributed by atoms with Crippen molar-refractivity contribution in [2.24, 2.45) is 0 Å². The number of rotatable bonds is 17. The molecule has 11 heteroatoms. The quantitative estimate of drug-likeness (QED) is 0.0913. The second-order valence-electron chi connectivity index (χ2n) is 37.4. The summed E-state index contributed by atoms with van der Waals surface area (Å²) in [6.07, 6.45) is 6.57. The highest BCUT2D eigenvalue weighted by Crippen LogP contribution is 2.49. The van der Waals surface area contributed by atoms with Gasteiger partial charge in [0.05, 0.1) is 72.6 Å². The van der Waals surface area contributed by atoms with Crippen LogP contribution in [0.2, 0.25) is 0 Å². The summed E-state index contributed by atoms with van der Waals surface area (Å²) in [5, 5.41) is 11.7. The maximum absolute atomic E-state index is 14.5. The van der Waals surface area contributed by atoms with Crippen LogP contribution in [-0.2, 0) is 0 Å². The molecular weight excluding hydrogens is 1770 g/mol. The van der Waals surface area contributed by atoms with Crippen molar-refractivity contribution in [1.82, 2.24) is 31.6 Å². The van der Waals surface area contributed by atoms with Crippen molar-refractivity contribution < 1.29 is 8.78 Å². The zero-order valence-corrected chi connectivity index (χ0v) is 78.2. The molecule has 28 rings (SSSR count). The number of hydrogen-bond donors (Lipinski definition) is 0. The lowest BCUT2D eigenvalue weighted by Gasteiger charge is -2.26. The third-order valence-electron chi connectivity index (χ3n) is 29.5. The predicted molar refractivity (Wildman–Crippen MR) is 594 cm³/mol. The van der Waals surface area contributed by atoms with Crippen molar-refractivity contribution in [3.8, 4) is 112 Å². The van der Waals surface area contributed by atoms with Gasteiger partial charge >= 0.3 is 0 Å². The smallest absolute Gasteiger partial charge is 0.129 e. The minimum Gasteiger partial charge on any atom is -0.313 e. The van der Waals surface area contributed by atoms with E-state index in [9.17, 15) is 8.78 Å². The van der Waals surface area contributed by atoms with E-state index in [2.05, 4.69) is 465 Å². The van der Waals surface area contributed by atoms with Crippen molar-refractivity contribution in [2.75, 3.05) is 4.90 Å². The molecule has 0 saturated heterocycles. The Balaban J connectivity index is 0.535. The highest BCUT2D eigenvalue weighted by atomic mass is 32.1. The Morgan fingerprint density at radius 1 is 0.203 bits per heavy atom. The van der Waals surface area contributed by atoms with Crippen LogP contribution in [-0.4, -0.2) is 31.6 Å². The first-order valence-electron chi connectivity index (χ1n) is 48.6. The lowest BCUT2D eigenvalue weighted by atomic mass is 9.95. The second-order valence-corrected chi connectivity index (χ2v) is 38.0. The molecule has 0 fully saturated rings. The topological polar surface area (TPSA) is 53.7 Å². The van der Waals surface area contributed by atoms with Crippen LogP contribution >= 0.6 is 11.7 Å². The molecule has 0 spiro atoms. The monoisotopic (exact) mass is 1850 g/mol. The molecule has 21 aromatic carbocycles. The van der Waals surface area contributed by atoms with E-state index in [-0.39, 0.29) is 11.6 Å². The van der Waals surface area contributed by atoms with Crippen LogP contribution in [0.15, 0.2) is 485 Å². The van der Waals surface area contributed by atoms with Crippen LogP contribution in [0.25, 0.3) is 243 Å². The molecular formula is C132H84F2N8S. The Hall–Kier alpha value is -18.4. The van der Waals surface area contributed by atoms with Gasteiger partial charge in [0.2, 0.25) is 0 Å². The minimum absolute atomic E-state index is 0.277. The van der Waals surface area contributed by atoms with Gasteiger partial charge in [-0.15, -0.1) is 0 Å². The number of benzene rings is 21. The summed E-state index contributed by atoms with van der Waals surface area (Å²) >= 11 is 1.22. The summed E-state index contributed by atoms with van der Waals surface area (Å²) in [7, 11) is 0. The van der Waals surface area contributed by atoms with Crippen LogP contribution in [0, 0.1) is 11.6 Å². The maximum atomic E-state index is 14.5. The van der Waals surface area contributed by atoms with Crippen LogP contribution < -0.4 is 4.90 Å². The van der Waals surface area contributed by atoms with Gasteiger partial charge in [0.15, 0.2) is 0 Å². The van der Waals surface area contributed by atoms with Gasteiger partial charge in [0.1, 0.15) is 22.7 Å². The number of fused-ring (bicyclic) bond motifs is 16. The molecule has 6 aromatic heterocycles. The average molecular weight is 1850 g/mol. The number of halogens is 2. The Morgan fingerprint density at radius 2 is 0.490 bits per heavy atom. The molecule has 8 nitrogen and oxygen atoms in total. The largest absolute Gasteiger partial charge is 0.313 e. The van der Waals surface area contributed by atoms with E-state index in [1.165, 1.54) is 108 Å². The molecule has 672 valence electrons. The van der Waals surface area contributed by atoms with E-state index in [1.807, 2.05) is 24.3 Å². The van der Waals surface area contributed by atoms with Crippen LogP contribution in [0.1, 0.15) is 18.4 Å². The summed E-state index contributed by atoms with van der Waals surface area (Å²) in [6.45, 7) is 0. The summed E-state index contributed by atoms with van der Waals surface area (Å²) in [6, 6.07) is 169. The Labute approximate surface area is 826 Å². The normalized spacial score (nSPS) is 12.4. The van der Waals surface area contributed by atoms with E-state index < -0.39 is 0 Å². The fourth-order valence-corrected chi connectivity index (χ4v) is 23.1. The molecule has 1 aliphatic rings. The van der Waals surface area contributed by atoms with Gasteiger partial charge in [-0.3, -0.25) is 0 Å². The van der Waals surface area contributed by atoms with Gasteiger partial charge in [0.25, 0.3) is 0 Å². The molecule has 143 heavy (non-hydrogen) atoms. The summed E-state index contributed by atoms with van der Waals surface area (Å²) < 4.78 is 51.3. The first-order chi connectivity index (χ1) is 70.7. The zero-order valence-electron chi connectivity index (χ0n) is 77.3. The van der Waals surface area contributed by atoms with Crippen molar-refractivity contribution in [2.45, 2.75) is 12.8 Å². The number of nitrogens with zero attached hydrogens (tertiary/aromatic N) is 8. The zero-order chi connectivity index (χ0) is 94.4. The van der Waals surface area contributed by atoms with Crippen LogP contribution in [0.4, 0.5) is 25.8 Å². The van der Waals surface area contributed by atoms with Gasteiger partial charge in [-0.05, 0) is 295 Å². The molecule has 0 radical (unpaired) electrons. The highest BCUT2D eigenvalue weighted by Gasteiger charge is 2.27. The Kier molecular flexibility index (Phi) is 19.5. The third kappa shape index (κ3) is 14.0. The van der Waals surface area contributed by atoms with E-state index in [0.717, 1.165) is 207 Å². The number of para-hydroxylation sites is 4. The number of allylic oxidation sites excluding steroid dienone is 4. The SMILES string of the molecule is Fc1ccc(-n2c3ccccc3c3ccc(-c4ccc(N(c5ccc(-c6ccc7c8ccccc8n(-c8ccc(F)cc8)c7c6)cc5)c5ccc(-c6ccc(-n7c8ccc(-c9ccc(-c%10ccc%11c%12ccccc%12n(C%12=CC=C(c%13ccccc%13)CC%12)c%11c%10)cc9)cc8c8cc(-c9ccc(-c%10ccc%11c%12ccccc%12n(-c%12ccc(-c%13ccccc%13)cc%12)c%11c%10)cc9)ccc87)cc6)c6nsnc56)cc4)cc32)cc1. The average Bonchev–Trinajstić information content (AvgIpc) is 1.65. The molecule has 27 aromatic rings. The molecule has 0 atom stereocenters. The van der Waals surface area contributed by atoms with Crippen molar-refractivity contribution in [3.63, 3.8) is 0 Å². The van der Waals surface area contributed by atoms with Gasteiger partial charge in [0, 0.05) is 99.2 Å². The standard InChI is InChI=1S/C132H84F2N8S/c133-100-51-65-107(66-52-100)141-122-25-13-9-21-112(122)116-71-47-98(81-129(116)141)91-39-55-102(56-40-91)137(103-57-41-92(42-58-103)99-48-72-117-113-22-10-14-26-123(113)142(130(117)82-99)108-67-53-101(134)54-68-108)126-76-73-109(131-132(126)136-143-135-131)93-43-63-104(64-44-93)138-124-74-49-94(87-27-31-89(32-28-87)96-45-69-114-110-19-7-11-23-120(110)139(127(114)79-96)105-59-35-85(36-60-105)83-15-3-1-4-16-83)77-118(124)119-78-95(50-75-125(119)138)88-29-33-90(34-30-88)97-46-70-115-111-20-8-12-24-121(111)140(128(115)80-97)106-61-37-86(38-62-106)84-17-5-2-6-18-84/h1-37,39-61,63-82H,38,62H2. The number of aromatic nitrogens is 7. The van der Waals surface area contributed by atoms with Gasteiger partial charge in [-0.25, -0.2) is 8.78 Å². The molecule has 0 N–H and O–H groups in total. The summed E-state index contributed by atoms with van der Waals surface area (Å²) in [5.41, 5.74) is 41.0. The maximum Gasteiger partial charge on any atom is 0.129 e. The van der Waals surface area contributed by atoms with Gasteiger partial charge in [-0.2, -0.15) is 8.75 Å².